The smallest absolute Gasteiger partial charge is 0.179 e. The topological polar surface area (TPSA) is 51.2 Å². The third-order valence-electron chi connectivity index (χ3n) is 2.27. The van der Waals surface area contributed by atoms with Gasteiger partial charge in [-0.2, -0.15) is 0 Å². The van der Waals surface area contributed by atoms with Crippen LogP contribution in [0.15, 0.2) is 27.6 Å². The van der Waals surface area contributed by atoms with Crippen molar-refractivity contribution >= 4 is 32.1 Å². The highest BCUT2D eigenvalue weighted by atomic mass is 79.9. The summed E-state index contributed by atoms with van der Waals surface area (Å²) in [5, 5.41) is 0. The van der Waals surface area contributed by atoms with Crippen LogP contribution in [-0.2, 0) is 14.6 Å². The molecule has 0 amide bonds. The van der Waals surface area contributed by atoms with E-state index in [4.69, 9.17) is 0 Å². The maximum Gasteiger partial charge on any atom is 0.179 e. The van der Waals surface area contributed by atoms with Gasteiger partial charge in [0.1, 0.15) is 6.29 Å². The van der Waals surface area contributed by atoms with Gasteiger partial charge < -0.3 is 4.79 Å². The average molecular weight is 275 g/mol. The van der Waals surface area contributed by atoms with Crippen molar-refractivity contribution in [1.82, 2.24) is 0 Å². The Bertz CT molecular complexity index is 493. The van der Waals surface area contributed by atoms with Gasteiger partial charge in [0.2, 0.25) is 0 Å². The predicted molar refractivity (Wildman–Crippen MR) is 55.0 cm³/mol. The van der Waals surface area contributed by atoms with Gasteiger partial charge in [-0.25, -0.2) is 8.42 Å². The summed E-state index contributed by atoms with van der Waals surface area (Å²) < 4.78 is 23.9. The van der Waals surface area contributed by atoms with E-state index in [1.165, 1.54) is 6.07 Å². The standard InChI is InChI=1S/C9H7BrO3S/c10-7-1-2-9-8(3-7)6(4-11)5-14(9,12)13/h1-4,6H,5H2. The molecule has 0 bridgehead atoms. The van der Waals surface area contributed by atoms with Gasteiger partial charge in [-0.1, -0.05) is 15.9 Å². The molecule has 1 atom stereocenters. The van der Waals surface area contributed by atoms with Gasteiger partial charge in [0.05, 0.1) is 16.6 Å². The van der Waals surface area contributed by atoms with E-state index in [0.29, 0.717) is 11.8 Å². The van der Waals surface area contributed by atoms with E-state index < -0.39 is 15.8 Å². The summed E-state index contributed by atoms with van der Waals surface area (Å²) in [4.78, 5) is 11.0. The quantitative estimate of drug-likeness (QED) is 0.730. The molecule has 0 N–H and O–H groups in total. The van der Waals surface area contributed by atoms with Crippen LogP contribution in [0.3, 0.4) is 0 Å². The first-order valence-electron chi connectivity index (χ1n) is 4.02. The van der Waals surface area contributed by atoms with Crippen LogP contribution >= 0.6 is 15.9 Å². The third kappa shape index (κ3) is 1.40. The summed E-state index contributed by atoms with van der Waals surface area (Å²) in [5.74, 6) is -0.602. The molecule has 0 aromatic heterocycles. The van der Waals surface area contributed by atoms with Crippen LogP contribution in [0.25, 0.3) is 0 Å². The van der Waals surface area contributed by atoms with Crippen LogP contribution in [0.1, 0.15) is 11.5 Å². The van der Waals surface area contributed by atoms with Crippen molar-refractivity contribution in [2.75, 3.05) is 5.75 Å². The van der Waals surface area contributed by atoms with E-state index >= 15 is 0 Å². The Morgan fingerprint density at radius 1 is 1.43 bits per heavy atom. The van der Waals surface area contributed by atoms with E-state index in [1.54, 1.807) is 12.1 Å². The number of carbonyl (C=O) groups is 1. The fraction of sp³-hybridized carbons (Fsp3) is 0.222. The SMILES string of the molecule is O=CC1CS(=O)(=O)c2ccc(Br)cc21. The molecular formula is C9H7BrO3S. The Morgan fingerprint density at radius 2 is 2.14 bits per heavy atom. The van der Waals surface area contributed by atoms with E-state index in [2.05, 4.69) is 15.9 Å². The van der Waals surface area contributed by atoms with Crippen LogP contribution in [0, 0.1) is 0 Å². The van der Waals surface area contributed by atoms with Gasteiger partial charge in [0.25, 0.3) is 0 Å². The van der Waals surface area contributed by atoms with Crippen LogP contribution in [0.2, 0.25) is 0 Å². The van der Waals surface area contributed by atoms with E-state index in [1.807, 2.05) is 0 Å². The minimum absolute atomic E-state index is 0.0950. The maximum atomic E-state index is 11.6. The molecular weight excluding hydrogens is 268 g/mol. The summed E-state index contributed by atoms with van der Waals surface area (Å²) in [6.45, 7) is 0. The highest BCUT2D eigenvalue weighted by molar-refractivity contribution is 9.10. The lowest BCUT2D eigenvalue weighted by Gasteiger charge is -2.00. The fourth-order valence-corrected chi connectivity index (χ4v) is 3.75. The molecule has 1 heterocycles. The van der Waals surface area contributed by atoms with Crippen molar-refractivity contribution in [3.05, 3.63) is 28.2 Å². The van der Waals surface area contributed by atoms with Crippen molar-refractivity contribution in [3.63, 3.8) is 0 Å². The fourth-order valence-electron chi connectivity index (χ4n) is 1.62. The van der Waals surface area contributed by atoms with E-state index in [0.717, 1.165) is 4.47 Å². The number of benzene rings is 1. The van der Waals surface area contributed by atoms with Crippen molar-refractivity contribution < 1.29 is 13.2 Å². The predicted octanol–water partition coefficient (Wildman–Crippen LogP) is 1.52. The number of fused-ring (bicyclic) bond motifs is 1. The molecule has 14 heavy (non-hydrogen) atoms. The normalized spacial score (nSPS) is 23.1. The monoisotopic (exact) mass is 274 g/mol. The molecule has 3 nitrogen and oxygen atoms in total. The Morgan fingerprint density at radius 3 is 2.79 bits per heavy atom. The number of rotatable bonds is 1. The van der Waals surface area contributed by atoms with E-state index in [-0.39, 0.29) is 10.6 Å². The van der Waals surface area contributed by atoms with Crippen molar-refractivity contribution in [2.24, 2.45) is 0 Å². The molecule has 1 aromatic rings. The molecule has 1 aliphatic heterocycles. The van der Waals surface area contributed by atoms with Crippen molar-refractivity contribution in [1.29, 1.82) is 0 Å². The summed E-state index contributed by atoms with van der Waals surface area (Å²) in [6, 6.07) is 4.90. The highest BCUT2D eigenvalue weighted by Crippen LogP contribution is 2.35. The zero-order chi connectivity index (χ0) is 10.3. The molecule has 1 aliphatic rings. The number of sulfone groups is 1. The molecule has 0 saturated heterocycles. The van der Waals surface area contributed by atoms with Gasteiger partial charge in [0, 0.05) is 4.47 Å². The Labute approximate surface area is 90.2 Å². The molecule has 0 spiro atoms. The molecule has 0 fully saturated rings. The van der Waals surface area contributed by atoms with Gasteiger partial charge in [0.15, 0.2) is 9.84 Å². The van der Waals surface area contributed by atoms with Crippen molar-refractivity contribution in [2.45, 2.75) is 10.8 Å². The van der Waals surface area contributed by atoms with Gasteiger partial charge >= 0.3 is 0 Å². The minimum atomic E-state index is -3.24. The first kappa shape index (κ1) is 9.86. The van der Waals surface area contributed by atoms with Gasteiger partial charge in [-0.15, -0.1) is 0 Å². The number of halogens is 1. The largest absolute Gasteiger partial charge is 0.303 e. The molecule has 0 saturated carbocycles. The van der Waals surface area contributed by atoms with Crippen LogP contribution < -0.4 is 0 Å². The summed E-state index contributed by atoms with van der Waals surface area (Å²) in [7, 11) is -3.24. The lowest BCUT2D eigenvalue weighted by molar-refractivity contribution is -0.108. The molecule has 1 aromatic carbocycles. The Balaban J connectivity index is 2.71. The lowest BCUT2D eigenvalue weighted by Crippen LogP contribution is -2.03. The Kier molecular flexibility index (Phi) is 2.23. The number of hydrogen-bond donors (Lipinski definition) is 0. The van der Waals surface area contributed by atoms with Crippen molar-refractivity contribution in [3.8, 4) is 0 Å². The summed E-state index contributed by atoms with van der Waals surface area (Å²) >= 11 is 3.25. The lowest BCUT2D eigenvalue weighted by atomic mass is 10.0. The van der Waals surface area contributed by atoms with Gasteiger partial charge in [-0.05, 0) is 23.8 Å². The number of aldehydes is 1. The minimum Gasteiger partial charge on any atom is -0.303 e. The number of hydrogen-bond acceptors (Lipinski definition) is 3. The Hall–Kier alpha value is -0.680. The second kappa shape index (κ2) is 3.17. The molecule has 1 unspecified atom stereocenters. The van der Waals surface area contributed by atoms with Crippen LogP contribution in [-0.4, -0.2) is 20.5 Å². The second-order valence-corrected chi connectivity index (χ2v) is 6.12. The van der Waals surface area contributed by atoms with Crippen LogP contribution in [0.5, 0.6) is 0 Å². The van der Waals surface area contributed by atoms with Crippen LogP contribution in [0.4, 0.5) is 0 Å². The molecule has 5 heteroatoms. The zero-order valence-electron chi connectivity index (χ0n) is 7.10. The van der Waals surface area contributed by atoms with E-state index in [9.17, 15) is 13.2 Å². The molecule has 74 valence electrons. The molecule has 0 aliphatic carbocycles. The summed E-state index contributed by atoms with van der Waals surface area (Å²) in [5.41, 5.74) is 0.606. The molecule has 0 radical (unpaired) electrons. The first-order valence-corrected chi connectivity index (χ1v) is 6.46. The first-order chi connectivity index (χ1) is 6.54. The van der Waals surface area contributed by atoms with Gasteiger partial charge in [-0.3, -0.25) is 0 Å². The highest BCUT2D eigenvalue weighted by Gasteiger charge is 2.34. The number of carbonyl (C=O) groups excluding carboxylic acids is 1. The zero-order valence-corrected chi connectivity index (χ0v) is 9.51. The maximum absolute atomic E-state index is 11.6. The average Bonchev–Trinajstić information content (AvgIpc) is 2.37. The summed E-state index contributed by atoms with van der Waals surface area (Å²) in [6.07, 6.45) is 0.690. The second-order valence-electron chi connectivity index (χ2n) is 3.21. The molecule has 2 rings (SSSR count). The third-order valence-corrected chi connectivity index (χ3v) is 4.60.